The van der Waals surface area contributed by atoms with E-state index in [-0.39, 0.29) is 17.1 Å². The van der Waals surface area contributed by atoms with E-state index >= 15 is 0 Å². The SMILES string of the molecule is CC(=O)CC1C2=C(CCCC2)c2ccccc2N1S(=O)(=O)c1ccc(C)cc1. The van der Waals surface area contributed by atoms with Gasteiger partial charge in [-0.3, -0.25) is 9.10 Å². The Bertz CT molecular complexity index is 1050. The molecule has 1 atom stereocenters. The van der Waals surface area contributed by atoms with E-state index in [1.165, 1.54) is 9.88 Å². The second-order valence-electron chi connectivity index (χ2n) is 7.76. The Balaban J connectivity index is 1.94. The predicted molar refractivity (Wildman–Crippen MR) is 112 cm³/mol. The third-order valence-electron chi connectivity index (χ3n) is 5.72. The Hall–Kier alpha value is -2.40. The molecule has 4 rings (SSSR count). The summed E-state index contributed by atoms with van der Waals surface area (Å²) in [5.41, 5.74) is 5.05. The smallest absolute Gasteiger partial charge is 0.264 e. The Labute approximate surface area is 166 Å². The third-order valence-corrected chi connectivity index (χ3v) is 7.56. The monoisotopic (exact) mass is 395 g/mol. The predicted octanol–water partition coefficient (Wildman–Crippen LogP) is 4.88. The number of hydrogen-bond acceptors (Lipinski definition) is 3. The largest absolute Gasteiger partial charge is 0.300 e. The van der Waals surface area contributed by atoms with Gasteiger partial charge in [-0.25, -0.2) is 8.42 Å². The molecular weight excluding hydrogens is 370 g/mol. The number of benzene rings is 2. The normalized spacial score (nSPS) is 19.2. The molecule has 0 spiro atoms. The van der Waals surface area contributed by atoms with Gasteiger partial charge in [-0.1, -0.05) is 35.9 Å². The van der Waals surface area contributed by atoms with E-state index in [0.29, 0.717) is 5.69 Å². The van der Waals surface area contributed by atoms with Crippen LogP contribution in [0.25, 0.3) is 5.57 Å². The fourth-order valence-electron chi connectivity index (χ4n) is 4.43. The van der Waals surface area contributed by atoms with Crippen LogP contribution in [0.4, 0.5) is 5.69 Å². The minimum atomic E-state index is -3.79. The summed E-state index contributed by atoms with van der Waals surface area (Å²) in [6.45, 7) is 3.48. The molecule has 1 aliphatic carbocycles. The van der Waals surface area contributed by atoms with Crippen molar-refractivity contribution in [2.24, 2.45) is 0 Å². The highest BCUT2D eigenvalue weighted by molar-refractivity contribution is 7.92. The molecule has 0 bridgehead atoms. The zero-order chi connectivity index (χ0) is 19.9. The van der Waals surface area contributed by atoms with Crippen molar-refractivity contribution in [3.63, 3.8) is 0 Å². The number of carbonyl (C=O) groups is 1. The molecule has 1 unspecified atom stereocenters. The van der Waals surface area contributed by atoms with Crippen LogP contribution < -0.4 is 4.31 Å². The molecule has 0 fully saturated rings. The van der Waals surface area contributed by atoms with E-state index in [9.17, 15) is 13.2 Å². The molecule has 0 saturated carbocycles. The molecule has 4 nitrogen and oxygen atoms in total. The van der Waals surface area contributed by atoms with Crippen molar-refractivity contribution in [3.05, 3.63) is 65.2 Å². The van der Waals surface area contributed by atoms with Crippen molar-refractivity contribution >= 4 is 27.1 Å². The van der Waals surface area contributed by atoms with E-state index in [1.807, 2.05) is 43.3 Å². The fourth-order valence-corrected chi connectivity index (χ4v) is 6.10. The van der Waals surface area contributed by atoms with Crippen molar-refractivity contribution < 1.29 is 13.2 Å². The number of hydrogen-bond donors (Lipinski definition) is 0. The lowest BCUT2D eigenvalue weighted by Crippen LogP contribution is -2.45. The Morgan fingerprint density at radius 3 is 2.43 bits per heavy atom. The van der Waals surface area contributed by atoms with Crippen LogP contribution in [0.5, 0.6) is 0 Å². The van der Waals surface area contributed by atoms with Crippen LogP contribution in [0.1, 0.15) is 50.2 Å². The van der Waals surface area contributed by atoms with Crippen molar-refractivity contribution in [2.75, 3.05) is 4.31 Å². The second-order valence-corrected chi connectivity index (χ2v) is 9.58. The second kappa shape index (κ2) is 7.21. The Kier molecular flexibility index (Phi) is 4.88. The first-order valence-electron chi connectivity index (χ1n) is 9.81. The molecule has 0 aromatic heterocycles. The molecule has 2 aliphatic rings. The number of anilines is 1. The standard InChI is InChI=1S/C23H25NO3S/c1-16-11-13-18(14-12-16)28(26,27)24-22-10-6-5-8-20(22)19-7-3-4-9-21(19)23(24)15-17(2)25/h5-6,8,10-14,23H,3-4,7,9,15H2,1-2H3. The number of nitrogens with zero attached hydrogens (tertiary/aromatic N) is 1. The fraction of sp³-hybridized carbons (Fsp3) is 0.348. The number of ketones is 1. The molecule has 2 aromatic carbocycles. The first-order valence-corrected chi connectivity index (χ1v) is 11.3. The highest BCUT2D eigenvalue weighted by atomic mass is 32.2. The lowest BCUT2D eigenvalue weighted by molar-refractivity contribution is -0.117. The van der Waals surface area contributed by atoms with Crippen LogP contribution in [0.3, 0.4) is 0 Å². The summed E-state index contributed by atoms with van der Waals surface area (Å²) >= 11 is 0. The van der Waals surface area contributed by atoms with Crippen molar-refractivity contribution in [3.8, 4) is 0 Å². The lowest BCUT2D eigenvalue weighted by atomic mass is 9.79. The number of para-hydroxylation sites is 1. The molecule has 0 amide bonds. The van der Waals surface area contributed by atoms with Crippen LogP contribution in [0.2, 0.25) is 0 Å². The van der Waals surface area contributed by atoms with Gasteiger partial charge in [0.05, 0.1) is 16.6 Å². The van der Waals surface area contributed by atoms with Gasteiger partial charge in [0.2, 0.25) is 0 Å². The molecular formula is C23H25NO3S. The van der Waals surface area contributed by atoms with E-state index < -0.39 is 16.1 Å². The summed E-state index contributed by atoms with van der Waals surface area (Å²) in [4.78, 5) is 12.4. The number of carbonyl (C=O) groups excluding carboxylic acids is 1. The molecule has 0 radical (unpaired) electrons. The van der Waals surface area contributed by atoms with Gasteiger partial charge in [0.1, 0.15) is 5.78 Å². The highest BCUT2D eigenvalue weighted by Crippen LogP contribution is 2.47. The van der Waals surface area contributed by atoms with Gasteiger partial charge in [-0.2, -0.15) is 0 Å². The molecule has 5 heteroatoms. The quantitative estimate of drug-likeness (QED) is 0.741. The molecule has 1 aliphatic heterocycles. The summed E-state index contributed by atoms with van der Waals surface area (Å²) in [5.74, 6) is 0.00547. The number of fused-ring (bicyclic) bond motifs is 2. The maximum atomic E-state index is 13.7. The lowest BCUT2D eigenvalue weighted by Gasteiger charge is -2.42. The minimum Gasteiger partial charge on any atom is -0.300 e. The molecule has 146 valence electrons. The number of sulfonamides is 1. The average Bonchev–Trinajstić information content (AvgIpc) is 2.68. The van der Waals surface area contributed by atoms with Gasteiger partial charge in [0, 0.05) is 12.0 Å². The molecule has 0 saturated heterocycles. The van der Waals surface area contributed by atoms with Gasteiger partial charge >= 0.3 is 0 Å². The first kappa shape index (κ1) is 18.9. The van der Waals surface area contributed by atoms with Crippen LogP contribution in [-0.4, -0.2) is 20.2 Å². The number of Topliss-reactive ketones (excluding diaryl/α,β-unsaturated/α-hetero) is 1. The summed E-state index contributed by atoms with van der Waals surface area (Å²) < 4.78 is 29.0. The topological polar surface area (TPSA) is 54.5 Å². The summed E-state index contributed by atoms with van der Waals surface area (Å²) in [7, 11) is -3.79. The maximum absolute atomic E-state index is 13.7. The molecule has 28 heavy (non-hydrogen) atoms. The summed E-state index contributed by atoms with van der Waals surface area (Å²) in [5, 5.41) is 0. The highest BCUT2D eigenvalue weighted by Gasteiger charge is 2.41. The first-order chi connectivity index (χ1) is 13.4. The Morgan fingerprint density at radius 2 is 1.71 bits per heavy atom. The number of rotatable bonds is 4. The van der Waals surface area contributed by atoms with E-state index in [4.69, 9.17) is 0 Å². The maximum Gasteiger partial charge on any atom is 0.264 e. The van der Waals surface area contributed by atoms with Crippen LogP contribution in [-0.2, 0) is 14.8 Å². The van der Waals surface area contributed by atoms with E-state index in [0.717, 1.165) is 42.4 Å². The van der Waals surface area contributed by atoms with Gasteiger partial charge < -0.3 is 0 Å². The Morgan fingerprint density at radius 1 is 1.04 bits per heavy atom. The summed E-state index contributed by atoms with van der Waals surface area (Å²) in [6, 6.07) is 14.2. The zero-order valence-electron chi connectivity index (χ0n) is 16.3. The van der Waals surface area contributed by atoms with Crippen molar-refractivity contribution in [1.29, 1.82) is 0 Å². The van der Waals surface area contributed by atoms with Crippen molar-refractivity contribution in [1.82, 2.24) is 0 Å². The van der Waals surface area contributed by atoms with Gasteiger partial charge in [0.15, 0.2) is 0 Å². The third kappa shape index (κ3) is 3.18. The molecule has 2 aromatic rings. The van der Waals surface area contributed by atoms with Gasteiger partial charge in [0.25, 0.3) is 10.0 Å². The van der Waals surface area contributed by atoms with Crippen molar-refractivity contribution in [2.45, 2.75) is 56.9 Å². The zero-order valence-corrected chi connectivity index (χ0v) is 17.1. The van der Waals surface area contributed by atoms with E-state index in [2.05, 4.69) is 0 Å². The molecule has 1 heterocycles. The van der Waals surface area contributed by atoms with Crippen LogP contribution >= 0.6 is 0 Å². The molecule has 0 N–H and O–H groups in total. The van der Waals surface area contributed by atoms with Crippen LogP contribution in [0, 0.1) is 6.92 Å². The van der Waals surface area contributed by atoms with Crippen LogP contribution in [0.15, 0.2) is 59.0 Å². The summed E-state index contributed by atoms with van der Waals surface area (Å²) in [6.07, 6.45) is 4.14. The van der Waals surface area contributed by atoms with Gasteiger partial charge in [-0.05, 0) is 68.9 Å². The average molecular weight is 396 g/mol. The minimum absolute atomic E-state index is 0.00547. The van der Waals surface area contributed by atoms with Gasteiger partial charge in [-0.15, -0.1) is 0 Å². The number of aryl methyl sites for hydroxylation is 1. The van der Waals surface area contributed by atoms with E-state index in [1.54, 1.807) is 19.1 Å². The number of allylic oxidation sites excluding steroid dienone is 1.